The maximum absolute atomic E-state index is 11.5. The lowest BCUT2D eigenvalue weighted by Crippen LogP contribution is -2.07. The molecule has 2 aromatic heterocycles. The highest BCUT2D eigenvalue weighted by atomic mass is 32.1. The molecule has 4 N–H and O–H groups in total. The lowest BCUT2D eigenvalue weighted by atomic mass is 10.2. The van der Waals surface area contributed by atoms with Gasteiger partial charge in [0.05, 0.1) is 5.69 Å². The Morgan fingerprint density at radius 1 is 1.62 bits per heavy atom. The standard InChI is InChI=1S/C9H9N3O3S/c1-4-2-6(13)7(8(14)15-4)5-3-16-9(11-5)12-10/h2-3,13H,10H2,1H3,(H,11,12). The average molecular weight is 239 g/mol. The predicted octanol–water partition coefficient (Wildman–Crippen LogP) is 1.06. The monoisotopic (exact) mass is 239 g/mol. The van der Waals surface area contributed by atoms with Crippen LogP contribution in [0.1, 0.15) is 5.76 Å². The normalized spacial score (nSPS) is 10.4. The number of nitrogens with zero attached hydrogens (tertiary/aromatic N) is 1. The topological polar surface area (TPSA) is 101 Å². The fraction of sp³-hybridized carbons (Fsp3) is 0.111. The lowest BCUT2D eigenvalue weighted by molar-refractivity contribution is 0.438. The van der Waals surface area contributed by atoms with E-state index in [1.807, 2.05) is 0 Å². The van der Waals surface area contributed by atoms with Crippen LogP contribution in [0.2, 0.25) is 0 Å². The highest BCUT2D eigenvalue weighted by Crippen LogP contribution is 2.28. The van der Waals surface area contributed by atoms with Gasteiger partial charge in [-0.05, 0) is 6.92 Å². The second-order valence-corrected chi connectivity index (χ2v) is 3.95. The number of hydrazine groups is 1. The van der Waals surface area contributed by atoms with Crippen molar-refractivity contribution in [3.8, 4) is 17.0 Å². The molecule has 0 saturated heterocycles. The van der Waals surface area contributed by atoms with Gasteiger partial charge in [-0.25, -0.2) is 15.6 Å². The van der Waals surface area contributed by atoms with Gasteiger partial charge < -0.3 is 9.52 Å². The van der Waals surface area contributed by atoms with Crippen LogP contribution in [0.3, 0.4) is 0 Å². The van der Waals surface area contributed by atoms with Gasteiger partial charge in [0, 0.05) is 11.4 Å². The minimum Gasteiger partial charge on any atom is -0.507 e. The summed E-state index contributed by atoms with van der Waals surface area (Å²) in [4.78, 5) is 15.6. The molecular weight excluding hydrogens is 230 g/mol. The Kier molecular flexibility index (Phi) is 2.63. The maximum Gasteiger partial charge on any atom is 0.349 e. The Balaban J connectivity index is 2.60. The highest BCUT2D eigenvalue weighted by molar-refractivity contribution is 7.14. The second kappa shape index (κ2) is 3.95. The first-order valence-electron chi connectivity index (χ1n) is 4.38. The molecule has 0 unspecified atom stereocenters. The third-order valence-electron chi connectivity index (χ3n) is 1.94. The minimum absolute atomic E-state index is 0.0448. The molecule has 0 aliphatic carbocycles. The van der Waals surface area contributed by atoms with Crippen LogP contribution in [-0.2, 0) is 0 Å². The summed E-state index contributed by atoms with van der Waals surface area (Å²) in [5.74, 6) is 5.37. The van der Waals surface area contributed by atoms with E-state index in [-0.39, 0.29) is 11.3 Å². The summed E-state index contributed by atoms with van der Waals surface area (Å²) in [7, 11) is 0. The fourth-order valence-corrected chi connectivity index (χ4v) is 1.90. The van der Waals surface area contributed by atoms with Crippen molar-refractivity contribution >= 4 is 16.5 Å². The number of nitrogen functional groups attached to an aromatic ring is 1. The Morgan fingerprint density at radius 3 is 2.94 bits per heavy atom. The number of aryl methyl sites for hydroxylation is 1. The first-order chi connectivity index (χ1) is 7.61. The summed E-state index contributed by atoms with van der Waals surface area (Å²) in [6.07, 6.45) is 0. The Hall–Kier alpha value is -1.86. The molecule has 2 rings (SSSR count). The fourth-order valence-electron chi connectivity index (χ4n) is 1.29. The summed E-state index contributed by atoms with van der Waals surface area (Å²) >= 11 is 1.23. The predicted molar refractivity (Wildman–Crippen MR) is 60.3 cm³/mol. The molecule has 0 saturated carbocycles. The first-order valence-corrected chi connectivity index (χ1v) is 5.26. The minimum atomic E-state index is -0.619. The van der Waals surface area contributed by atoms with E-state index in [9.17, 15) is 9.90 Å². The molecule has 6 nitrogen and oxygen atoms in total. The van der Waals surface area contributed by atoms with Crippen LogP contribution in [0.4, 0.5) is 5.13 Å². The molecule has 0 fully saturated rings. The van der Waals surface area contributed by atoms with Gasteiger partial charge in [-0.1, -0.05) is 0 Å². The van der Waals surface area contributed by atoms with Gasteiger partial charge in [-0.3, -0.25) is 5.43 Å². The second-order valence-electron chi connectivity index (χ2n) is 3.09. The number of thiazole rings is 1. The van der Waals surface area contributed by atoms with E-state index in [1.165, 1.54) is 17.4 Å². The quantitative estimate of drug-likeness (QED) is 0.535. The summed E-state index contributed by atoms with van der Waals surface area (Å²) in [6, 6.07) is 1.37. The Bertz CT molecular complexity index is 576. The summed E-state index contributed by atoms with van der Waals surface area (Å²) in [5, 5.41) is 11.7. The van der Waals surface area contributed by atoms with E-state index in [0.717, 1.165) is 0 Å². The zero-order valence-electron chi connectivity index (χ0n) is 8.35. The van der Waals surface area contributed by atoms with E-state index in [0.29, 0.717) is 16.6 Å². The smallest absolute Gasteiger partial charge is 0.349 e. The molecule has 0 radical (unpaired) electrons. The van der Waals surface area contributed by atoms with Crippen molar-refractivity contribution in [2.45, 2.75) is 6.92 Å². The maximum atomic E-state index is 11.5. The molecule has 2 heterocycles. The largest absolute Gasteiger partial charge is 0.507 e. The van der Waals surface area contributed by atoms with E-state index < -0.39 is 5.63 Å². The molecule has 2 aromatic rings. The van der Waals surface area contributed by atoms with Crippen molar-refractivity contribution in [3.63, 3.8) is 0 Å². The van der Waals surface area contributed by atoms with Gasteiger partial charge in [0.1, 0.15) is 17.1 Å². The summed E-state index contributed by atoms with van der Waals surface area (Å²) in [6.45, 7) is 1.58. The Morgan fingerprint density at radius 2 is 2.38 bits per heavy atom. The molecule has 0 aromatic carbocycles. The number of aromatic hydroxyl groups is 1. The van der Waals surface area contributed by atoms with Crippen molar-refractivity contribution in [3.05, 3.63) is 27.6 Å². The third kappa shape index (κ3) is 1.77. The first kappa shape index (κ1) is 10.7. The van der Waals surface area contributed by atoms with Crippen molar-refractivity contribution in [2.24, 2.45) is 5.84 Å². The van der Waals surface area contributed by atoms with Crippen LogP contribution in [0.5, 0.6) is 5.75 Å². The molecule has 0 bridgehead atoms. The summed E-state index contributed by atoms with van der Waals surface area (Å²) in [5.41, 5.74) is 2.12. The number of nitrogens with two attached hydrogens (primary N) is 1. The molecule has 0 spiro atoms. The van der Waals surface area contributed by atoms with Gasteiger partial charge in [-0.15, -0.1) is 11.3 Å². The molecule has 16 heavy (non-hydrogen) atoms. The van der Waals surface area contributed by atoms with Gasteiger partial charge in [0.2, 0.25) is 0 Å². The molecule has 0 atom stereocenters. The van der Waals surface area contributed by atoms with Gasteiger partial charge in [0.25, 0.3) is 0 Å². The number of anilines is 1. The highest BCUT2D eigenvalue weighted by Gasteiger charge is 2.15. The van der Waals surface area contributed by atoms with Gasteiger partial charge >= 0.3 is 5.63 Å². The molecular formula is C9H9N3O3S. The van der Waals surface area contributed by atoms with Crippen molar-refractivity contribution in [1.29, 1.82) is 0 Å². The van der Waals surface area contributed by atoms with E-state index >= 15 is 0 Å². The van der Waals surface area contributed by atoms with Crippen LogP contribution in [0.25, 0.3) is 11.3 Å². The zero-order valence-corrected chi connectivity index (χ0v) is 9.17. The number of rotatable bonds is 2. The zero-order chi connectivity index (χ0) is 11.7. The lowest BCUT2D eigenvalue weighted by Gasteiger charge is -2.00. The third-order valence-corrected chi connectivity index (χ3v) is 2.71. The molecule has 84 valence electrons. The van der Waals surface area contributed by atoms with Gasteiger partial charge in [0.15, 0.2) is 5.13 Å². The number of hydrogen-bond acceptors (Lipinski definition) is 7. The van der Waals surface area contributed by atoms with Crippen molar-refractivity contribution in [2.75, 3.05) is 5.43 Å². The molecule has 0 amide bonds. The van der Waals surface area contributed by atoms with Crippen LogP contribution < -0.4 is 16.9 Å². The number of hydrogen-bond donors (Lipinski definition) is 3. The summed E-state index contributed by atoms with van der Waals surface area (Å²) < 4.78 is 4.88. The van der Waals surface area contributed by atoms with Crippen molar-refractivity contribution < 1.29 is 9.52 Å². The van der Waals surface area contributed by atoms with E-state index in [1.54, 1.807) is 12.3 Å². The van der Waals surface area contributed by atoms with E-state index in [4.69, 9.17) is 10.3 Å². The van der Waals surface area contributed by atoms with E-state index in [2.05, 4.69) is 10.4 Å². The Labute approximate surface area is 94.3 Å². The average Bonchev–Trinajstić information content (AvgIpc) is 2.64. The van der Waals surface area contributed by atoms with Crippen LogP contribution in [0.15, 0.2) is 20.7 Å². The van der Waals surface area contributed by atoms with Crippen molar-refractivity contribution in [1.82, 2.24) is 4.98 Å². The van der Waals surface area contributed by atoms with Gasteiger partial charge in [-0.2, -0.15) is 0 Å². The molecule has 7 heteroatoms. The van der Waals surface area contributed by atoms with Crippen LogP contribution in [-0.4, -0.2) is 10.1 Å². The van der Waals surface area contributed by atoms with Crippen LogP contribution >= 0.6 is 11.3 Å². The number of nitrogens with one attached hydrogen (secondary N) is 1. The number of aromatic nitrogens is 1. The molecule has 0 aliphatic heterocycles. The molecule has 0 aliphatic rings. The van der Waals surface area contributed by atoms with Crippen LogP contribution in [0, 0.1) is 6.92 Å². The SMILES string of the molecule is Cc1cc(O)c(-c2csc(NN)n2)c(=O)o1.